The summed E-state index contributed by atoms with van der Waals surface area (Å²) in [5.74, 6) is -0.246. The number of hydrogen-bond acceptors (Lipinski definition) is 4. The topological polar surface area (TPSA) is 58.6 Å². The Morgan fingerprint density at radius 2 is 2.08 bits per heavy atom. The molecule has 24 heavy (non-hydrogen) atoms. The van der Waals surface area contributed by atoms with Crippen LogP contribution in [0.4, 0.5) is 0 Å². The Morgan fingerprint density at radius 1 is 1.25 bits per heavy atom. The molecule has 1 aromatic heterocycles. The molecule has 3 heterocycles. The van der Waals surface area contributed by atoms with Crippen LogP contribution in [0.5, 0.6) is 0 Å². The van der Waals surface area contributed by atoms with Crippen molar-refractivity contribution >= 4 is 23.2 Å². The molecular weight excluding hydrogens is 324 g/mol. The molecule has 2 atom stereocenters. The Bertz CT molecular complexity index is 747. The van der Waals surface area contributed by atoms with E-state index in [2.05, 4.69) is 5.32 Å². The minimum absolute atomic E-state index is 0.0285. The van der Waals surface area contributed by atoms with Crippen molar-refractivity contribution < 1.29 is 14.3 Å². The molecule has 2 aliphatic rings. The van der Waals surface area contributed by atoms with Crippen LogP contribution in [-0.4, -0.2) is 48.6 Å². The first-order chi connectivity index (χ1) is 11.7. The average Bonchev–Trinajstić information content (AvgIpc) is 3.25. The molecule has 0 radical (unpaired) electrons. The molecule has 2 unspecified atom stereocenters. The third-order valence-electron chi connectivity index (χ3n) is 4.78. The quantitative estimate of drug-likeness (QED) is 0.906. The van der Waals surface area contributed by atoms with E-state index < -0.39 is 5.60 Å². The molecule has 0 bridgehead atoms. The second-order valence-electron chi connectivity index (χ2n) is 6.12. The number of amides is 2. The van der Waals surface area contributed by atoms with Gasteiger partial charge in [0, 0.05) is 19.0 Å². The second kappa shape index (κ2) is 6.03. The number of ether oxygens (including phenoxy) is 1. The summed E-state index contributed by atoms with van der Waals surface area (Å²) in [6.07, 6.45) is 0. The SMILES string of the molecule is O=C(c1cccs1)N1CCOC2(C1)C(=O)NCC2c1ccccc1. The van der Waals surface area contributed by atoms with Gasteiger partial charge in [0.1, 0.15) is 0 Å². The van der Waals surface area contributed by atoms with Crippen molar-refractivity contribution in [2.75, 3.05) is 26.2 Å². The van der Waals surface area contributed by atoms with Crippen LogP contribution in [0.25, 0.3) is 0 Å². The van der Waals surface area contributed by atoms with Gasteiger partial charge in [0.05, 0.1) is 18.0 Å². The van der Waals surface area contributed by atoms with Gasteiger partial charge in [-0.2, -0.15) is 0 Å². The smallest absolute Gasteiger partial charge is 0.264 e. The van der Waals surface area contributed by atoms with Crippen LogP contribution in [0.1, 0.15) is 21.2 Å². The normalized spacial score (nSPS) is 26.6. The Balaban J connectivity index is 1.65. The van der Waals surface area contributed by atoms with E-state index in [1.54, 1.807) is 4.90 Å². The van der Waals surface area contributed by atoms with Gasteiger partial charge in [0.25, 0.3) is 11.8 Å². The first-order valence-corrected chi connectivity index (χ1v) is 8.89. The summed E-state index contributed by atoms with van der Waals surface area (Å²) in [4.78, 5) is 27.8. The van der Waals surface area contributed by atoms with E-state index in [0.29, 0.717) is 24.6 Å². The van der Waals surface area contributed by atoms with Gasteiger partial charge in [-0.3, -0.25) is 9.59 Å². The van der Waals surface area contributed by atoms with Gasteiger partial charge in [-0.05, 0) is 17.0 Å². The lowest BCUT2D eigenvalue weighted by Crippen LogP contribution is -2.59. The highest BCUT2D eigenvalue weighted by Gasteiger charge is 2.55. The minimum Gasteiger partial charge on any atom is -0.361 e. The summed E-state index contributed by atoms with van der Waals surface area (Å²) in [5.41, 5.74) is 0.0632. The average molecular weight is 342 g/mol. The van der Waals surface area contributed by atoms with Crippen LogP contribution in [0.2, 0.25) is 0 Å². The molecule has 0 aliphatic carbocycles. The summed E-state index contributed by atoms with van der Waals surface area (Å²) in [6, 6.07) is 13.6. The van der Waals surface area contributed by atoms with Gasteiger partial charge in [0.2, 0.25) is 0 Å². The van der Waals surface area contributed by atoms with Gasteiger partial charge >= 0.3 is 0 Å². The fourth-order valence-electron chi connectivity index (χ4n) is 3.56. The molecule has 4 rings (SSSR count). The number of nitrogens with one attached hydrogen (secondary N) is 1. The summed E-state index contributed by atoms with van der Waals surface area (Å²) in [6.45, 7) is 1.69. The summed E-state index contributed by atoms with van der Waals surface area (Å²) >= 11 is 1.42. The summed E-state index contributed by atoms with van der Waals surface area (Å²) in [7, 11) is 0. The maximum absolute atomic E-state index is 12.7. The van der Waals surface area contributed by atoms with Crippen molar-refractivity contribution in [1.82, 2.24) is 10.2 Å². The second-order valence-corrected chi connectivity index (χ2v) is 7.06. The molecule has 5 nitrogen and oxygen atoms in total. The molecule has 6 heteroatoms. The van der Waals surface area contributed by atoms with Crippen molar-refractivity contribution in [3.8, 4) is 0 Å². The highest BCUT2D eigenvalue weighted by atomic mass is 32.1. The highest BCUT2D eigenvalue weighted by Crippen LogP contribution is 2.38. The number of nitrogens with zero attached hydrogens (tertiary/aromatic N) is 1. The molecule has 2 saturated heterocycles. The fourth-order valence-corrected chi connectivity index (χ4v) is 4.25. The van der Waals surface area contributed by atoms with Gasteiger partial charge in [0.15, 0.2) is 5.60 Å². The molecule has 1 N–H and O–H groups in total. The number of carbonyl (C=O) groups is 2. The summed E-state index contributed by atoms with van der Waals surface area (Å²) < 4.78 is 6.00. The molecule has 2 amide bonds. The molecule has 1 spiro atoms. The number of morpholine rings is 1. The van der Waals surface area contributed by atoms with Crippen molar-refractivity contribution in [3.05, 3.63) is 58.3 Å². The zero-order valence-electron chi connectivity index (χ0n) is 13.1. The van der Waals surface area contributed by atoms with Crippen LogP contribution in [0.15, 0.2) is 47.8 Å². The number of benzene rings is 1. The lowest BCUT2D eigenvalue weighted by Gasteiger charge is -2.41. The molecule has 2 aromatic rings. The fraction of sp³-hybridized carbons (Fsp3) is 0.333. The lowest BCUT2D eigenvalue weighted by molar-refractivity contribution is -0.153. The predicted molar refractivity (Wildman–Crippen MR) is 91.1 cm³/mol. The maximum Gasteiger partial charge on any atom is 0.264 e. The van der Waals surface area contributed by atoms with E-state index in [-0.39, 0.29) is 24.3 Å². The monoisotopic (exact) mass is 342 g/mol. The van der Waals surface area contributed by atoms with Crippen LogP contribution in [0, 0.1) is 0 Å². The Hall–Kier alpha value is -2.18. The third kappa shape index (κ3) is 2.42. The number of carbonyl (C=O) groups excluding carboxylic acids is 2. The van der Waals surface area contributed by atoms with Crippen LogP contribution >= 0.6 is 11.3 Å². The van der Waals surface area contributed by atoms with E-state index in [1.807, 2.05) is 47.8 Å². The van der Waals surface area contributed by atoms with Crippen molar-refractivity contribution in [2.45, 2.75) is 11.5 Å². The Labute approximate surface area is 144 Å². The van der Waals surface area contributed by atoms with E-state index in [9.17, 15) is 9.59 Å². The first kappa shape index (κ1) is 15.4. The van der Waals surface area contributed by atoms with Gasteiger partial charge in [-0.25, -0.2) is 0 Å². The van der Waals surface area contributed by atoms with Gasteiger partial charge < -0.3 is 15.0 Å². The van der Waals surface area contributed by atoms with E-state index in [4.69, 9.17) is 4.74 Å². The van der Waals surface area contributed by atoms with E-state index >= 15 is 0 Å². The van der Waals surface area contributed by atoms with Crippen molar-refractivity contribution in [1.29, 1.82) is 0 Å². The first-order valence-electron chi connectivity index (χ1n) is 8.01. The lowest BCUT2D eigenvalue weighted by atomic mass is 9.83. The van der Waals surface area contributed by atoms with Crippen molar-refractivity contribution in [2.24, 2.45) is 0 Å². The van der Waals surface area contributed by atoms with Crippen LogP contribution in [0.3, 0.4) is 0 Å². The largest absolute Gasteiger partial charge is 0.361 e. The van der Waals surface area contributed by atoms with Crippen LogP contribution in [-0.2, 0) is 9.53 Å². The van der Waals surface area contributed by atoms with Gasteiger partial charge in [-0.15, -0.1) is 11.3 Å². The maximum atomic E-state index is 12.7. The van der Waals surface area contributed by atoms with E-state index in [1.165, 1.54) is 11.3 Å². The zero-order chi connectivity index (χ0) is 16.6. The Kier molecular flexibility index (Phi) is 3.86. The van der Waals surface area contributed by atoms with Gasteiger partial charge in [-0.1, -0.05) is 36.4 Å². The van der Waals surface area contributed by atoms with Crippen molar-refractivity contribution in [3.63, 3.8) is 0 Å². The number of hydrogen-bond donors (Lipinski definition) is 1. The molecule has 124 valence electrons. The molecule has 2 aliphatic heterocycles. The Morgan fingerprint density at radius 3 is 2.83 bits per heavy atom. The summed E-state index contributed by atoms with van der Waals surface area (Å²) in [5, 5.41) is 4.81. The van der Waals surface area contributed by atoms with E-state index in [0.717, 1.165) is 5.56 Å². The minimum atomic E-state index is -0.994. The van der Waals surface area contributed by atoms with Crippen LogP contribution < -0.4 is 5.32 Å². The molecule has 1 aromatic carbocycles. The third-order valence-corrected chi connectivity index (χ3v) is 5.64. The standard InChI is InChI=1S/C18H18N2O3S/c21-16(15-7-4-10-24-15)20-8-9-23-18(12-20)14(11-19-17(18)22)13-5-2-1-3-6-13/h1-7,10,14H,8-9,11-12H2,(H,19,22). The molecule has 2 fully saturated rings. The number of thiophene rings is 1. The molecular formula is C18H18N2O3S. The molecule has 0 saturated carbocycles. The zero-order valence-corrected chi connectivity index (χ0v) is 13.9. The highest BCUT2D eigenvalue weighted by molar-refractivity contribution is 7.12. The predicted octanol–water partition coefficient (Wildman–Crippen LogP) is 1.87. The number of rotatable bonds is 2.